The van der Waals surface area contributed by atoms with Gasteiger partial charge in [-0.15, -0.1) is 0 Å². The van der Waals surface area contributed by atoms with Gasteiger partial charge in [-0.2, -0.15) is 23.5 Å². The zero-order valence-electron chi connectivity index (χ0n) is 13.3. The summed E-state index contributed by atoms with van der Waals surface area (Å²) in [6.07, 6.45) is 8.39. The molecule has 1 nitrogen and oxygen atoms in total. The second-order valence-corrected chi connectivity index (χ2v) is 8.82. The van der Waals surface area contributed by atoms with E-state index >= 15 is 0 Å². The predicted molar refractivity (Wildman–Crippen MR) is 93.6 cm³/mol. The SMILES string of the molecule is CCCCCCCC(NCC)C1CSC(C)C(C)S1. The van der Waals surface area contributed by atoms with Crippen LogP contribution in [-0.4, -0.2) is 34.1 Å². The standard InChI is InChI=1S/C16H33NS2/c1-5-7-8-9-10-11-15(17-6-2)16-12-18-13(3)14(4)19-16/h13-17H,5-12H2,1-4H3. The Bertz CT molecular complexity index is 223. The summed E-state index contributed by atoms with van der Waals surface area (Å²) in [5.41, 5.74) is 0. The molecule has 0 aromatic carbocycles. The molecule has 0 radical (unpaired) electrons. The van der Waals surface area contributed by atoms with E-state index in [1.807, 2.05) is 0 Å². The molecular weight excluding hydrogens is 270 g/mol. The van der Waals surface area contributed by atoms with Gasteiger partial charge >= 0.3 is 0 Å². The molecule has 1 fully saturated rings. The summed E-state index contributed by atoms with van der Waals surface area (Å²) in [5.74, 6) is 1.34. The largest absolute Gasteiger partial charge is 0.313 e. The summed E-state index contributed by atoms with van der Waals surface area (Å²) < 4.78 is 0. The lowest BCUT2D eigenvalue weighted by molar-refractivity contribution is 0.461. The molecule has 0 aromatic rings. The highest BCUT2D eigenvalue weighted by Gasteiger charge is 2.30. The second-order valence-electron chi connectivity index (χ2n) is 5.79. The lowest BCUT2D eigenvalue weighted by atomic mass is 10.0. The van der Waals surface area contributed by atoms with E-state index < -0.39 is 0 Å². The van der Waals surface area contributed by atoms with E-state index in [4.69, 9.17) is 0 Å². The van der Waals surface area contributed by atoms with Crippen LogP contribution in [-0.2, 0) is 0 Å². The van der Waals surface area contributed by atoms with E-state index in [0.717, 1.165) is 28.3 Å². The maximum Gasteiger partial charge on any atom is 0.0294 e. The van der Waals surface area contributed by atoms with Gasteiger partial charge in [-0.3, -0.25) is 0 Å². The van der Waals surface area contributed by atoms with Crippen molar-refractivity contribution in [2.24, 2.45) is 0 Å². The number of nitrogens with one attached hydrogen (secondary N) is 1. The van der Waals surface area contributed by atoms with Gasteiger partial charge in [0.1, 0.15) is 0 Å². The Kier molecular flexibility index (Phi) is 9.69. The lowest BCUT2D eigenvalue weighted by Crippen LogP contribution is -2.43. The first-order valence-electron chi connectivity index (χ1n) is 8.19. The number of thioether (sulfide) groups is 2. The smallest absolute Gasteiger partial charge is 0.0294 e. The van der Waals surface area contributed by atoms with E-state index in [2.05, 4.69) is 56.5 Å². The van der Waals surface area contributed by atoms with Gasteiger partial charge in [0.25, 0.3) is 0 Å². The maximum absolute atomic E-state index is 3.74. The van der Waals surface area contributed by atoms with Crippen LogP contribution in [0.1, 0.15) is 66.2 Å². The third kappa shape index (κ3) is 6.77. The fourth-order valence-corrected chi connectivity index (χ4v) is 5.84. The Morgan fingerprint density at radius 3 is 2.42 bits per heavy atom. The second kappa shape index (κ2) is 10.4. The molecule has 0 saturated carbocycles. The Hall–Kier alpha value is 0.660. The van der Waals surface area contributed by atoms with Crippen molar-refractivity contribution in [1.29, 1.82) is 0 Å². The fourth-order valence-electron chi connectivity index (χ4n) is 2.67. The molecule has 1 aliphatic heterocycles. The maximum atomic E-state index is 3.74. The fraction of sp³-hybridized carbons (Fsp3) is 1.00. The first-order chi connectivity index (χ1) is 9.19. The lowest BCUT2D eigenvalue weighted by Gasteiger charge is -2.36. The molecule has 1 aliphatic rings. The summed E-state index contributed by atoms with van der Waals surface area (Å²) in [4.78, 5) is 0. The first kappa shape index (κ1) is 17.7. The van der Waals surface area contributed by atoms with Gasteiger partial charge in [0, 0.05) is 27.5 Å². The summed E-state index contributed by atoms with van der Waals surface area (Å²) in [7, 11) is 0. The van der Waals surface area contributed by atoms with E-state index in [0.29, 0.717) is 0 Å². The topological polar surface area (TPSA) is 12.0 Å². The molecule has 0 aliphatic carbocycles. The molecule has 19 heavy (non-hydrogen) atoms. The van der Waals surface area contributed by atoms with Gasteiger partial charge in [-0.05, 0) is 13.0 Å². The van der Waals surface area contributed by atoms with E-state index in [9.17, 15) is 0 Å². The highest BCUT2D eigenvalue weighted by Crippen LogP contribution is 2.37. The highest BCUT2D eigenvalue weighted by molar-refractivity contribution is 8.07. The summed E-state index contributed by atoms with van der Waals surface area (Å²) in [5, 5.41) is 6.20. The average molecular weight is 304 g/mol. The molecule has 4 unspecified atom stereocenters. The zero-order valence-corrected chi connectivity index (χ0v) is 14.9. The minimum absolute atomic E-state index is 0.735. The molecule has 114 valence electrons. The van der Waals surface area contributed by atoms with Crippen molar-refractivity contribution in [3.8, 4) is 0 Å². The Morgan fingerprint density at radius 2 is 1.79 bits per heavy atom. The summed E-state index contributed by atoms with van der Waals surface area (Å²) >= 11 is 4.40. The average Bonchev–Trinajstić information content (AvgIpc) is 2.40. The van der Waals surface area contributed by atoms with Crippen LogP contribution in [0.4, 0.5) is 0 Å². The molecular formula is C16H33NS2. The summed E-state index contributed by atoms with van der Waals surface area (Å²) in [6.45, 7) is 10.4. The van der Waals surface area contributed by atoms with Crippen molar-refractivity contribution >= 4 is 23.5 Å². The molecule has 0 bridgehead atoms. The monoisotopic (exact) mass is 303 g/mol. The van der Waals surface area contributed by atoms with Gasteiger partial charge in [-0.25, -0.2) is 0 Å². The molecule has 0 spiro atoms. The minimum atomic E-state index is 0.735. The number of unbranched alkanes of at least 4 members (excludes halogenated alkanes) is 4. The third-order valence-corrected chi connectivity index (χ3v) is 7.66. The van der Waals surface area contributed by atoms with Crippen molar-refractivity contribution in [3.63, 3.8) is 0 Å². The van der Waals surface area contributed by atoms with E-state index in [1.165, 1.54) is 44.3 Å². The number of hydrogen-bond acceptors (Lipinski definition) is 3. The molecule has 0 aromatic heterocycles. The van der Waals surface area contributed by atoms with Crippen molar-refractivity contribution in [1.82, 2.24) is 5.32 Å². The molecule has 1 rings (SSSR count). The number of hydrogen-bond donors (Lipinski definition) is 1. The van der Waals surface area contributed by atoms with Gasteiger partial charge in [0.15, 0.2) is 0 Å². The highest BCUT2D eigenvalue weighted by atomic mass is 32.2. The first-order valence-corrected chi connectivity index (χ1v) is 10.2. The zero-order chi connectivity index (χ0) is 14.1. The third-order valence-electron chi connectivity index (χ3n) is 4.11. The van der Waals surface area contributed by atoms with Crippen LogP contribution >= 0.6 is 23.5 Å². The molecule has 4 atom stereocenters. The minimum Gasteiger partial charge on any atom is -0.313 e. The van der Waals surface area contributed by atoms with Crippen LogP contribution < -0.4 is 5.32 Å². The van der Waals surface area contributed by atoms with E-state index in [1.54, 1.807) is 0 Å². The van der Waals surface area contributed by atoms with Crippen molar-refractivity contribution in [2.75, 3.05) is 12.3 Å². The van der Waals surface area contributed by atoms with Crippen LogP contribution in [0, 0.1) is 0 Å². The molecule has 3 heteroatoms. The molecule has 1 N–H and O–H groups in total. The van der Waals surface area contributed by atoms with Gasteiger partial charge < -0.3 is 5.32 Å². The van der Waals surface area contributed by atoms with Gasteiger partial charge in [0.05, 0.1) is 0 Å². The van der Waals surface area contributed by atoms with Gasteiger partial charge in [-0.1, -0.05) is 59.8 Å². The van der Waals surface area contributed by atoms with Crippen LogP contribution in [0.2, 0.25) is 0 Å². The number of rotatable bonds is 9. The van der Waals surface area contributed by atoms with E-state index in [-0.39, 0.29) is 0 Å². The molecule has 1 saturated heterocycles. The van der Waals surface area contributed by atoms with Crippen LogP contribution in [0.5, 0.6) is 0 Å². The van der Waals surface area contributed by atoms with Crippen LogP contribution in [0.15, 0.2) is 0 Å². The Morgan fingerprint density at radius 1 is 1.05 bits per heavy atom. The van der Waals surface area contributed by atoms with Crippen molar-refractivity contribution in [3.05, 3.63) is 0 Å². The quantitative estimate of drug-likeness (QED) is 0.605. The molecule has 0 amide bonds. The van der Waals surface area contributed by atoms with Gasteiger partial charge in [0.2, 0.25) is 0 Å². The Labute approximate surface area is 129 Å². The van der Waals surface area contributed by atoms with Crippen molar-refractivity contribution < 1.29 is 0 Å². The van der Waals surface area contributed by atoms with Crippen LogP contribution in [0.3, 0.4) is 0 Å². The molecule has 1 heterocycles. The predicted octanol–water partition coefficient (Wildman–Crippen LogP) is 4.95. The van der Waals surface area contributed by atoms with Crippen molar-refractivity contribution in [2.45, 2.75) is 88.0 Å². The Balaban J connectivity index is 2.30. The summed E-state index contributed by atoms with van der Waals surface area (Å²) in [6, 6.07) is 0.735. The normalized spacial score (nSPS) is 29.4. The van der Waals surface area contributed by atoms with Crippen LogP contribution in [0.25, 0.3) is 0 Å².